The Balaban J connectivity index is 2.20. The molecule has 5 heteroatoms. The fourth-order valence-corrected chi connectivity index (χ4v) is 1.70. The monoisotopic (exact) mass is 233 g/mol. The van der Waals surface area contributed by atoms with Crippen LogP contribution in [0.5, 0.6) is 5.75 Å². The second-order valence-corrected chi connectivity index (χ2v) is 3.70. The van der Waals surface area contributed by atoms with Gasteiger partial charge in [0.2, 0.25) is 0 Å². The van der Waals surface area contributed by atoms with Crippen LogP contribution in [-0.2, 0) is 6.54 Å². The summed E-state index contributed by atoms with van der Waals surface area (Å²) < 4.78 is 6.75. The van der Waals surface area contributed by atoms with Gasteiger partial charge in [-0.2, -0.15) is 5.10 Å². The molecule has 0 radical (unpaired) electrons. The summed E-state index contributed by atoms with van der Waals surface area (Å²) in [5.74, 6) is 1.18. The standard InChI is InChI=1S/C12H15N3O2/c1-17-11-5-3-2-4-9(11)10(16)8-15-12(13)6-7-14-15/h2-7,10,16H,8,13H2,1H3. The summed E-state index contributed by atoms with van der Waals surface area (Å²) in [6.45, 7) is 0.305. The molecule has 1 heterocycles. The highest BCUT2D eigenvalue weighted by atomic mass is 16.5. The van der Waals surface area contributed by atoms with Crippen molar-refractivity contribution in [1.82, 2.24) is 9.78 Å². The Hall–Kier alpha value is -2.01. The van der Waals surface area contributed by atoms with E-state index in [1.165, 1.54) is 0 Å². The maximum absolute atomic E-state index is 10.1. The minimum atomic E-state index is -0.701. The van der Waals surface area contributed by atoms with Crippen molar-refractivity contribution in [3.63, 3.8) is 0 Å². The van der Waals surface area contributed by atoms with Gasteiger partial charge in [0, 0.05) is 5.56 Å². The fourth-order valence-electron chi connectivity index (χ4n) is 1.70. The Morgan fingerprint density at radius 1 is 1.41 bits per heavy atom. The van der Waals surface area contributed by atoms with Crippen LogP contribution in [0.15, 0.2) is 36.5 Å². The molecule has 0 fully saturated rings. The third-order valence-corrected chi connectivity index (χ3v) is 2.59. The van der Waals surface area contributed by atoms with Crippen molar-refractivity contribution in [2.75, 3.05) is 12.8 Å². The van der Waals surface area contributed by atoms with E-state index < -0.39 is 6.10 Å². The average molecular weight is 233 g/mol. The number of nitrogen functional groups attached to an aromatic ring is 1. The van der Waals surface area contributed by atoms with E-state index in [1.54, 1.807) is 24.1 Å². The van der Waals surface area contributed by atoms with Crippen molar-refractivity contribution in [3.8, 4) is 5.75 Å². The second-order valence-electron chi connectivity index (χ2n) is 3.70. The van der Waals surface area contributed by atoms with Crippen molar-refractivity contribution >= 4 is 5.82 Å². The van der Waals surface area contributed by atoms with Crippen LogP contribution in [0.4, 0.5) is 5.82 Å². The number of benzene rings is 1. The van der Waals surface area contributed by atoms with Crippen molar-refractivity contribution < 1.29 is 9.84 Å². The van der Waals surface area contributed by atoms with Gasteiger partial charge in [0.1, 0.15) is 17.7 Å². The maximum atomic E-state index is 10.1. The molecule has 0 bridgehead atoms. The van der Waals surface area contributed by atoms with Crippen LogP contribution in [-0.4, -0.2) is 22.0 Å². The molecule has 2 rings (SSSR count). The average Bonchev–Trinajstić information content (AvgIpc) is 2.75. The zero-order valence-corrected chi connectivity index (χ0v) is 9.58. The Labute approximate surface area is 99.4 Å². The van der Waals surface area contributed by atoms with Gasteiger partial charge in [0.25, 0.3) is 0 Å². The Bertz CT molecular complexity index is 496. The number of anilines is 1. The van der Waals surface area contributed by atoms with Gasteiger partial charge in [-0.05, 0) is 12.1 Å². The Kier molecular flexibility index (Phi) is 3.30. The van der Waals surface area contributed by atoms with E-state index >= 15 is 0 Å². The summed E-state index contributed by atoms with van der Waals surface area (Å²) in [6, 6.07) is 9.04. The van der Waals surface area contributed by atoms with Gasteiger partial charge in [0.15, 0.2) is 0 Å². The molecule has 1 atom stereocenters. The lowest BCUT2D eigenvalue weighted by atomic mass is 10.1. The van der Waals surface area contributed by atoms with E-state index in [0.717, 1.165) is 5.56 Å². The summed E-state index contributed by atoms with van der Waals surface area (Å²) in [7, 11) is 1.58. The quantitative estimate of drug-likeness (QED) is 0.832. The Morgan fingerprint density at radius 2 is 2.18 bits per heavy atom. The van der Waals surface area contributed by atoms with E-state index in [1.807, 2.05) is 24.3 Å². The molecule has 0 saturated carbocycles. The molecule has 0 amide bonds. The third kappa shape index (κ3) is 2.39. The zero-order valence-electron chi connectivity index (χ0n) is 9.58. The summed E-state index contributed by atoms with van der Waals surface area (Å²) in [6.07, 6.45) is 0.901. The van der Waals surface area contributed by atoms with Crippen molar-refractivity contribution in [2.45, 2.75) is 12.6 Å². The molecule has 0 saturated heterocycles. The summed E-state index contributed by atoms with van der Waals surface area (Å²) in [5.41, 5.74) is 6.42. The largest absolute Gasteiger partial charge is 0.496 e. The number of para-hydroxylation sites is 1. The fraction of sp³-hybridized carbons (Fsp3) is 0.250. The molecule has 5 nitrogen and oxygen atoms in total. The molecule has 0 aliphatic rings. The van der Waals surface area contributed by atoms with Crippen LogP contribution in [0.25, 0.3) is 0 Å². The van der Waals surface area contributed by atoms with E-state index in [2.05, 4.69) is 5.10 Å². The first-order valence-electron chi connectivity index (χ1n) is 5.30. The summed E-state index contributed by atoms with van der Waals surface area (Å²) in [5, 5.41) is 14.2. The van der Waals surface area contributed by atoms with Crippen LogP contribution >= 0.6 is 0 Å². The highest BCUT2D eigenvalue weighted by molar-refractivity contribution is 5.35. The van der Waals surface area contributed by atoms with Crippen LogP contribution in [0, 0.1) is 0 Å². The van der Waals surface area contributed by atoms with E-state index in [4.69, 9.17) is 10.5 Å². The molecule has 17 heavy (non-hydrogen) atoms. The molecule has 0 aliphatic carbocycles. The molecular weight excluding hydrogens is 218 g/mol. The number of rotatable bonds is 4. The van der Waals surface area contributed by atoms with Crippen LogP contribution in [0.2, 0.25) is 0 Å². The molecule has 1 unspecified atom stereocenters. The number of hydrogen-bond donors (Lipinski definition) is 2. The molecule has 1 aromatic carbocycles. The first kappa shape index (κ1) is 11.5. The normalized spacial score (nSPS) is 12.4. The minimum Gasteiger partial charge on any atom is -0.496 e. The number of nitrogens with two attached hydrogens (primary N) is 1. The minimum absolute atomic E-state index is 0.305. The number of nitrogens with zero attached hydrogens (tertiary/aromatic N) is 2. The van der Waals surface area contributed by atoms with Crippen molar-refractivity contribution in [3.05, 3.63) is 42.1 Å². The van der Waals surface area contributed by atoms with Gasteiger partial charge in [0.05, 0.1) is 19.9 Å². The number of hydrogen-bond acceptors (Lipinski definition) is 4. The number of methoxy groups -OCH3 is 1. The number of ether oxygens (including phenoxy) is 1. The van der Waals surface area contributed by atoms with Gasteiger partial charge < -0.3 is 15.6 Å². The van der Waals surface area contributed by atoms with Gasteiger partial charge in [-0.3, -0.25) is 0 Å². The number of aliphatic hydroxyl groups excluding tert-OH is 1. The highest BCUT2D eigenvalue weighted by Crippen LogP contribution is 2.25. The number of aliphatic hydroxyl groups is 1. The topological polar surface area (TPSA) is 73.3 Å². The predicted octanol–water partition coefficient (Wildman–Crippen LogP) is 1.21. The highest BCUT2D eigenvalue weighted by Gasteiger charge is 2.14. The van der Waals surface area contributed by atoms with E-state index in [-0.39, 0.29) is 0 Å². The zero-order chi connectivity index (χ0) is 12.3. The molecule has 0 aliphatic heterocycles. The van der Waals surface area contributed by atoms with Crippen molar-refractivity contribution in [1.29, 1.82) is 0 Å². The maximum Gasteiger partial charge on any atom is 0.124 e. The van der Waals surface area contributed by atoms with Gasteiger partial charge in [-0.1, -0.05) is 18.2 Å². The smallest absolute Gasteiger partial charge is 0.124 e. The van der Waals surface area contributed by atoms with Gasteiger partial charge in [-0.25, -0.2) is 4.68 Å². The third-order valence-electron chi connectivity index (χ3n) is 2.59. The molecular formula is C12H15N3O2. The Morgan fingerprint density at radius 3 is 2.82 bits per heavy atom. The lowest BCUT2D eigenvalue weighted by Gasteiger charge is -2.15. The van der Waals surface area contributed by atoms with Crippen molar-refractivity contribution in [2.24, 2.45) is 0 Å². The van der Waals surface area contributed by atoms with E-state index in [9.17, 15) is 5.11 Å². The SMILES string of the molecule is COc1ccccc1C(O)Cn1nccc1N. The predicted molar refractivity (Wildman–Crippen MR) is 64.6 cm³/mol. The summed E-state index contributed by atoms with van der Waals surface area (Å²) >= 11 is 0. The second kappa shape index (κ2) is 4.88. The van der Waals surface area contributed by atoms with E-state index in [0.29, 0.717) is 18.1 Å². The lowest BCUT2D eigenvalue weighted by molar-refractivity contribution is 0.148. The first-order valence-corrected chi connectivity index (χ1v) is 5.30. The summed E-state index contributed by atoms with van der Waals surface area (Å²) in [4.78, 5) is 0. The lowest BCUT2D eigenvalue weighted by Crippen LogP contribution is -2.12. The molecule has 1 aromatic heterocycles. The van der Waals surface area contributed by atoms with Crippen LogP contribution < -0.4 is 10.5 Å². The van der Waals surface area contributed by atoms with Gasteiger partial charge in [-0.15, -0.1) is 0 Å². The first-order chi connectivity index (χ1) is 8.22. The molecule has 90 valence electrons. The van der Waals surface area contributed by atoms with Crippen LogP contribution in [0.3, 0.4) is 0 Å². The molecule has 2 aromatic rings. The van der Waals surface area contributed by atoms with Crippen LogP contribution in [0.1, 0.15) is 11.7 Å². The number of aromatic nitrogens is 2. The van der Waals surface area contributed by atoms with Gasteiger partial charge >= 0.3 is 0 Å². The molecule has 0 spiro atoms. The molecule has 3 N–H and O–H groups in total.